The molecule has 0 aromatic carbocycles. The van der Waals surface area contributed by atoms with Gasteiger partial charge in [0.25, 0.3) is 0 Å². The van der Waals surface area contributed by atoms with Crippen LogP contribution in [0.2, 0.25) is 0 Å². The van der Waals surface area contributed by atoms with Gasteiger partial charge in [-0.1, -0.05) is 33.1 Å². The highest BCUT2D eigenvalue weighted by molar-refractivity contribution is 4.89. The molecule has 2 fully saturated rings. The molecule has 2 N–H and O–H groups in total. The van der Waals surface area contributed by atoms with Gasteiger partial charge in [0.15, 0.2) is 0 Å². The Bertz CT molecular complexity index is 211. The van der Waals surface area contributed by atoms with Crippen LogP contribution in [0.5, 0.6) is 0 Å². The van der Waals surface area contributed by atoms with Crippen LogP contribution in [-0.4, -0.2) is 30.1 Å². The highest BCUT2D eigenvalue weighted by Gasteiger charge is 2.30. The Hall–Kier alpha value is -0.0800. The van der Waals surface area contributed by atoms with E-state index in [9.17, 15) is 0 Å². The second-order valence-corrected chi connectivity index (χ2v) is 6.39. The van der Waals surface area contributed by atoms with E-state index >= 15 is 0 Å². The highest BCUT2D eigenvalue weighted by atomic mass is 15.2. The molecule has 1 heterocycles. The Morgan fingerprint density at radius 3 is 2.19 bits per heavy atom. The molecular formula is C14H28N2. The SMILES string of the molecule is CC1CN(CCC2(N)CCCCC2)CC1C. The van der Waals surface area contributed by atoms with E-state index < -0.39 is 0 Å². The zero-order chi connectivity index (χ0) is 11.6. The van der Waals surface area contributed by atoms with Crippen molar-refractivity contribution in [2.75, 3.05) is 19.6 Å². The van der Waals surface area contributed by atoms with Gasteiger partial charge in [-0.05, 0) is 37.6 Å². The average molecular weight is 224 g/mol. The van der Waals surface area contributed by atoms with Gasteiger partial charge in [0.1, 0.15) is 0 Å². The summed E-state index contributed by atoms with van der Waals surface area (Å²) >= 11 is 0. The van der Waals surface area contributed by atoms with E-state index in [1.54, 1.807) is 0 Å². The van der Waals surface area contributed by atoms with Crippen LogP contribution in [0, 0.1) is 11.8 Å². The molecule has 2 unspecified atom stereocenters. The number of hydrogen-bond acceptors (Lipinski definition) is 2. The van der Waals surface area contributed by atoms with Gasteiger partial charge >= 0.3 is 0 Å². The molecule has 0 spiro atoms. The minimum absolute atomic E-state index is 0.174. The van der Waals surface area contributed by atoms with Crippen molar-refractivity contribution in [3.63, 3.8) is 0 Å². The second-order valence-electron chi connectivity index (χ2n) is 6.39. The van der Waals surface area contributed by atoms with Crippen LogP contribution in [0.15, 0.2) is 0 Å². The first-order chi connectivity index (χ1) is 7.59. The summed E-state index contributed by atoms with van der Waals surface area (Å²) in [4.78, 5) is 2.62. The van der Waals surface area contributed by atoms with E-state index in [4.69, 9.17) is 5.73 Å². The van der Waals surface area contributed by atoms with Gasteiger partial charge in [-0.15, -0.1) is 0 Å². The van der Waals surface area contributed by atoms with E-state index in [1.807, 2.05) is 0 Å². The summed E-state index contributed by atoms with van der Waals surface area (Å²) in [5, 5.41) is 0. The molecule has 0 aromatic rings. The van der Waals surface area contributed by atoms with E-state index in [1.165, 1.54) is 58.2 Å². The van der Waals surface area contributed by atoms with Gasteiger partial charge in [-0.25, -0.2) is 0 Å². The van der Waals surface area contributed by atoms with Crippen molar-refractivity contribution >= 4 is 0 Å². The molecule has 2 nitrogen and oxygen atoms in total. The molecule has 1 saturated heterocycles. The summed E-state index contributed by atoms with van der Waals surface area (Å²) < 4.78 is 0. The average Bonchev–Trinajstić information content (AvgIpc) is 2.57. The Balaban J connectivity index is 1.74. The number of nitrogens with zero attached hydrogens (tertiary/aromatic N) is 1. The lowest BCUT2D eigenvalue weighted by Gasteiger charge is -2.34. The van der Waals surface area contributed by atoms with E-state index in [0.29, 0.717) is 0 Å². The van der Waals surface area contributed by atoms with E-state index in [2.05, 4.69) is 18.7 Å². The van der Waals surface area contributed by atoms with Crippen molar-refractivity contribution in [2.45, 2.75) is 57.9 Å². The van der Waals surface area contributed by atoms with Gasteiger partial charge in [0.2, 0.25) is 0 Å². The first-order valence-corrected chi connectivity index (χ1v) is 7.10. The van der Waals surface area contributed by atoms with Gasteiger partial charge < -0.3 is 10.6 Å². The minimum atomic E-state index is 0.174. The number of rotatable bonds is 3. The van der Waals surface area contributed by atoms with Crippen molar-refractivity contribution in [2.24, 2.45) is 17.6 Å². The smallest absolute Gasteiger partial charge is 0.0166 e. The lowest BCUT2D eigenvalue weighted by molar-refractivity contribution is 0.226. The van der Waals surface area contributed by atoms with Crippen molar-refractivity contribution in [1.82, 2.24) is 4.90 Å². The summed E-state index contributed by atoms with van der Waals surface area (Å²) in [5.41, 5.74) is 6.65. The van der Waals surface area contributed by atoms with Gasteiger partial charge in [-0.2, -0.15) is 0 Å². The lowest BCUT2D eigenvalue weighted by atomic mass is 9.80. The van der Waals surface area contributed by atoms with Crippen molar-refractivity contribution in [3.8, 4) is 0 Å². The molecule has 0 amide bonds. The molecule has 1 saturated carbocycles. The molecule has 94 valence electrons. The topological polar surface area (TPSA) is 29.3 Å². The van der Waals surface area contributed by atoms with Crippen molar-refractivity contribution in [3.05, 3.63) is 0 Å². The molecule has 0 radical (unpaired) electrons. The standard InChI is InChI=1S/C14H28N2/c1-12-10-16(11-13(12)2)9-8-14(15)6-4-3-5-7-14/h12-13H,3-11,15H2,1-2H3. The molecule has 1 aliphatic carbocycles. The third kappa shape index (κ3) is 2.98. The first kappa shape index (κ1) is 12.4. The van der Waals surface area contributed by atoms with Gasteiger partial charge in [-0.3, -0.25) is 0 Å². The molecule has 2 atom stereocenters. The Labute approximate surface area is 101 Å². The largest absolute Gasteiger partial charge is 0.325 e. The molecule has 1 aliphatic heterocycles. The molecular weight excluding hydrogens is 196 g/mol. The van der Waals surface area contributed by atoms with Crippen LogP contribution in [-0.2, 0) is 0 Å². The number of hydrogen-bond donors (Lipinski definition) is 1. The number of nitrogens with two attached hydrogens (primary N) is 1. The van der Waals surface area contributed by atoms with E-state index in [-0.39, 0.29) is 5.54 Å². The molecule has 0 bridgehead atoms. The lowest BCUT2D eigenvalue weighted by Crippen LogP contribution is -2.44. The van der Waals surface area contributed by atoms with Crippen LogP contribution >= 0.6 is 0 Å². The monoisotopic (exact) mass is 224 g/mol. The fraction of sp³-hybridized carbons (Fsp3) is 1.00. The second kappa shape index (κ2) is 5.05. The molecule has 0 aromatic heterocycles. The minimum Gasteiger partial charge on any atom is -0.325 e. The van der Waals surface area contributed by atoms with Crippen LogP contribution in [0.3, 0.4) is 0 Å². The zero-order valence-electron chi connectivity index (χ0n) is 11.0. The zero-order valence-corrected chi connectivity index (χ0v) is 11.0. The summed E-state index contributed by atoms with van der Waals surface area (Å²) in [5.74, 6) is 1.75. The van der Waals surface area contributed by atoms with Crippen LogP contribution < -0.4 is 5.73 Å². The summed E-state index contributed by atoms with van der Waals surface area (Å²) in [7, 11) is 0. The summed E-state index contributed by atoms with van der Waals surface area (Å²) in [6.07, 6.45) is 7.83. The Morgan fingerprint density at radius 2 is 1.62 bits per heavy atom. The fourth-order valence-corrected chi connectivity index (χ4v) is 3.32. The summed E-state index contributed by atoms with van der Waals surface area (Å²) in [6.45, 7) is 8.56. The predicted octanol–water partition coefficient (Wildman–Crippen LogP) is 2.63. The Kier molecular flexibility index (Phi) is 3.91. The molecule has 2 rings (SSSR count). The van der Waals surface area contributed by atoms with Gasteiger partial charge in [0, 0.05) is 18.6 Å². The maximum atomic E-state index is 6.48. The highest BCUT2D eigenvalue weighted by Crippen LogP contribution is 2.30. The fourth-order valence-electron chi connectivity index (χ4n) is 3.32. The maximum Gasteiger partial charge on any atom is 0.0166 e. The third-order valence-electron chi connectivity index (χ3n) is 4.84. The summed E-state index contributed by atoms with van der Waals surface area (Å²) in [6, 6.07) is 0. The maximum absolute atomic E-state index is 6.48. The van der Waals surface area contributed by atoms with Crippen LogP contribution in [0.4, 0.5) is 0 Å². The first-order valence-electron chi connectivity index (χ1n) is 7.10. The van der Waals surface area contributed by atoms with Crippen molar-refractivity contribution < 1.29 is 0 Å². The quantitative estimate of drug-likeness (QED) is 0.798. The Morgan fingerprint density at radius 1 is 1.06 bits per heavy atom. The normalized spacial score (nSPS) is 35.4. The predicted molar refractivity (Wildman–Crippen MR) is 69.4 cm³/mol. The van der Waals surface area contributed by atoms with Crippen molar-refractivity contribution in [1.29, 1.82) is 0 Å². The molecule has 16 heavy (non-hydrogen) atoms. The van der Waals surface area contributed by atoms with Crippen LogP contribution in [0.25, 0.3) is 0 Å². The third-order valence-corrected chi connectivity index (χ3v) is 4.84. The van der Waals surface area contributed by atoms with E-state index in [0.717, 1.165) is 11.8 Å². The van der Waals surface area contributed by atoms with Gasteiger partial charge in [0.05, 0.1) is 0 Å². The van der Waals surface area contributed by atoms with Crippen LogP contribution in [0.1, 0.15) is 52.4 Å². The molecule has 2 heteroatoms. The number of likely N-dealkylation sites (tertiary alicyclic amines) is 1. The molecule has 2 aliphatic rings.